The highest BCUT2D eigenvalue weighted by Crippen LogP contribution is 2.24. The van der Waals surface area contributed by atoms with E-state index in [1.54, 1.807) is 6.07 Å². The number of phenols is 2. The number of aromatic hydroxyl groups is 2. The summed E-state index contributed by atoms with van der Waals surface area (Å²) >= 11 is 0. The molecule has 0 fully saturated rings. The zero-order chi connectivity index (χ0) is 21.0. The van der Waals surface area contributed by atoms with Crippen molar-refractivity contribution in [3.8, 4) is 11.5 Å². The largest absolute Gasteiger partial charge is 0.504 e. The number of allylic oxidation sites excluding steroid dienone is 4. The molecule has 0 saturated heterocycles. The molecule has 1 aromatic rings. The second-order valence-electron chi connectivity index (χ2n) is 7.77. The van der Waals surface area contributed by atoms with Gasteiger partial charge in [0, 0.05) is 6.61 Å². The van der Waals surface area contributed by atoms with E-state index in [4.69, 9.17) is 4.74 Å². The first-order chi connectivity index (χ1) is 14.2. The number of benzene rings is 1. The fraction of sp³-hybridized carbons (Fsp3) is 0.615. The van der Waals surface area contributed by atoms with Gasteiger partial charge >= 0.3 is 0 Å². The summed E-state index contributed by atoms with van der Waals surface area (Å²) in [6.45, 7) is 3.71. The molecule has 0 aromatic heterocycles. The molecule has 3 nitrogen and oxygen atoms in total. The molecule has 2 N–H and O–H groups in total. The minimum atomic E-state index is -0.0731. The first kappa shape index (κ1) is 25.3. The minimum absolute atomic E-state index is 0.0624. The average Bonchev–Trinajstić information content (AvgIpc) is 2.72. The predicted octanol–water partition coefficient (Wildman–Crippen LogP) is 7.47. The third-order valence-electron chi connectivity index (χ3n) is 5.06. The molecule has 1 rings (SSSR count). The van der Waals surface area contributed by atoms with Gasteiger partial charge in [-0.2, -0.15) is 0 Å². The van der Waals surface area contributed by atoms with E-state index in [1.165, 1.54) is 70.3 Å². The normalized spacial score (nSPS) is 11.8. The van der Waals surface area contributed by atoms with Gasteiger partial charge in [0.1, 0.15) is 0 Å². The Morgan fingerprint density at radius 1 is 0.724 bits per heavy atom. The molecular formula is C26H42O3. The summed E-state index contributed by atoms with van der Waals surface area (Å²) in [6.07, 6.45) is 25.1. The lowest BCUT2D eigenvalue weighted by Crippen LogP contribution is -2.00. The van der Waals surface area contributed by atoms with Crippen LogP contribution in [0.2, 0.25) is 0 Å². The Morgan fingerprint density at radius 3 is 2.07 bits per heavy atom. The molecule has 0 amide bonds. The van der Waals surface area contributed by atoms with E-state index in [1.807, 2.05) is 6.07 Å². The highest BCUT2D eigenvalue weighted by Gasteiger charge is 2.00. The van der Waals surface area contributed by atoms with E-state index in [2.05, 4.69) is 31.2 Å². The van der Waals surface area contributed by atoms with Crippen LogP contribution >= 0.6 is 0 Å². The van der Waals surface area contributed by atoms with Gasteiger partial charge in [-0.15, -0.1) is 0 Å². The maximum atomic E-state index is 9.46. The van der Waals surface area contributed by atoms with Crippen molar-refractivity contribution < 1.29 is 14.9 Å². The fourth-order valence-electron chi connectivity index (χ4n) is 3.21. The predicted molar refractivity (Wildman–Crippen MR) is 124 cm³/mol. The number of ether oxygens (including phenoxy) is 1. The molecule has 0 atom stereocenters. The van der Waals surface area contributed by atoms with Crippen LogP contribution in [0, 0.1) is 0 Å². The Balaban J connectivity index is 1.82. The van der Waals surface area contributed by atoms with Crippen LogP contribution in [0.3, 0.4) is 0 Å². The topological polar surface area (TPSA) is 49.7 Å². The van der Waals surface area contributed by atoms with Gasteiger partial charge in [-0.3, -0.25) is 0 Å². The van der Waals surface area contributed by atoms with Gasteiger partial charge in [0.15, 0.2) is 11.5 Å². The summed E-state index contributed by atoms with van der Waals surface area (Å²) in [5, 5.41) is 18.8. The van der Waals surface area contributed by atoms with Crippen molar-refractivity contribution >= 4 is 0 Å². The SMILES string of the molecule is CCCCC/C=C\C/C=C\CCCCCCCCOCCc1ccc(O)c(O)c1. The lowest BCUT2D eigenvalue weighted by molar-refractivity contribution is 0.132. The van der Waals surface area contributed by atoms with Crippen molar-refractivity contribution in [3.63, 3.8) is 0 Å². The van der Waals surface area contributed by atoms with Gasteiger partial charge in [0.05, 0.1) is 6.61 Å². The molecule has 1 aromatic carbocycles. The molecule has 0 bridgehead atoms. The lowest BCUT2D eigenvalue weighted by Gasteiger charge is -2.06. The van der Waals surface area contributed by atoms with Gasteiger partial charge in [-0.25, -0.2) is 0 Å². The quantitative estimate of drug-likeness (QED) is 0.152. The van der Waals surface area contributed by atoms with Gasteiger partial charge in [-0.05, 0) is 62.6 Å². The first-order valence-corrected chi connectivity index (χ1v) is 11.6. The Kier molecular flexibility index (Phi) is 16.0. The zero-order valence-electron chi connectivity index (χ0n) is 18.5. The highest BCUT2D eigenvalue weighted by atomic mass is 16.5. The molecule has 0 unspecified atom stereocenters. The van der Waals surface area contributed by atoms with E-state index in [9.17, 15) is 10.2 Å². The van der Waals surface area contributed by atoms with Crippen molar-refractivity contribution in [2.24, 2.45) is 0 Å². The molecule has 0 aliphatic heterocycles. The van der Waals surface area contributed by atoms with Crippen molar-refractivity contribution in [1.82, 2.24) is 0 Å². The van der Waals surface area contributed by atoms with Crippen LogP contribution in [0.5, 0.6) is 11.5 Å². The van der Waals surface area contributed by atoms with Crippen LogP contribution in [-0.4, -0.2) is 23.4 Å². The number of unbranched alkanes of at least 4 members (excludes halogenated alkanes) is 9. The standard InChI is InChI=1S/C26H42O3/c1-2-3-4-5-6-7-8-9-10-11-12-13-14-15-16-17-21-29-22-20-24-18-19-25(27)26(28)23-24/h6-7,9-10,18-19,23,27-28H,2-5,8,11-17,20-22H2,1H3/b7-6-,10-9-. The van der Waals surface area contributed by atoms with E-state index < -0.39 is 0 Å². The van der Waals surface area contributed by atoms with Crippen LogP contribution in [0.25, 0.3) is 0 Å². The van der Waals surface area contributed by atoms with Gasteiger partial charge in [0.2, 0.25) is 0 Å². The summed E-state index contributed by atoms with van der Waals surface area (Å²) in [4.78, 5) is 0. The Hall–Kier alpha value is -1.74. The summed E-state index contributed by atoms with van der Waals surface area (Å²) in [7, 11) is 0. The summed E-state index contributed by atoms with van der Waals surface area (Å²) in [5.74, 6) is -0.136. The smallest absolute Gasteiger partial charge is 0.157 e. The molecule has 0 heterocycles. The monoisotopic (exact) mass is 402 g/mol. The third-order valence-corrected chi connectivity index (χ3v) is 5.06. The van der Waals surface area contributed by atoms with Crippen LogP contribution in [-0.2, 0) is 11.2 Å². The van der Waals surface area contributed by atoms with Crippen molar-refractivity contribution in [2.45, 2.75) is 90.4 Å². The molecule has 0 saturated carbocycles. The number of hydrogen-bond acceptors (Lipinski definition) is 3. The van der Waals surface area contributed by atoms with E-state index >= 15 is 0 Å². The molecule has 29 heavy (non-hydrogen) atoms. The van der Waals surface area contributed by atoms with Crippen LogP contribution in [0.15, 0.2) is 42.5 Å². The number of phenolic OH excluding ortho intramolecular Hbond substituents is 2. The minimum Gasteiger partial charge on any atom is -0.504 e. The van der Waals surface area contributed by atoms with E-state index in [0.29, 0.717) is 6.61 Å². The number of hydrogen-bond donors (Lipinski definition) is 2. The zero-order valence-corrected chi connectivity index (χ0v) is 18.5. The Morgan fingerprint density at radius 2 is 1.38 bits per heavy atom. The maximum Gasteiger partial charge on any atom is 0.157 e. The Labute approximate surface area is 178 Å². The van der Waals surface area contributed by atoms with Gasteiger partial charge in [-0.1, -0.05) is 75.8 Å². The summed E-state index contributed by atoms with van der Waals surface area (Å²) < 4.78 is 5.67. The van der Waals surface area contributed by atoms with E-state index in [-0.39, 0.29) is 11.5 Å². The maximum absolute atomic E-state index is 9.46. The molecule has 164 valence electrons. The molecular weight excluding hydrogens is 360 g/mol. The molecule has 3 heteroatoms. The van der Waals surface area contributed by atoms with Crippen LogP contribution < -0.4 is 0 Å². The third kappa shape index (κ3) is 14.9. The lowest BCUT2D eigenvalue weighted by atomic mass is 10.1. The van der Waals surface area contributed by atoms with Crippen molar-refractivity contribution in [1.29, 1.82) is 0 Å². The first-order valence-electron chi connectivity index (χ1n) is 11.6. The molecule has 0 radical (unpaired) electrons. The van der Waals surface area contributed by atoms with Gasteiger partial charge in [0.25, 0.3) is 0 Å². The Bertz CT molecular complexity index is 563. The van der Waals surface area contributed by atoms with Crippen molar-refractivity contribution in [2.75, 3.05) is 13.2 Å². The summed E-state index contributed by atoms with van der Waals surface area (Å²) in [5.41, 5.74) is 0.984. The van der Waals surface area contributed by atoms with Gasteiger partial charge < -0.3 is 14.9 Å². The van der Waals surface area contributed by atoms with E-state index in [0.717, 1.165) is 31.4 Å². The summed E-state index contributed by atoms with van der Waals surface area (Å²) in [6, 6.07) is 4.94. The van der Waals surface area contributed by atoms with Crippen molar-refractivity contribution in [3.05, 3.63) is 48.1 Å². The van der Waals surface area contributed by atoms with Crippen LogP contribution in [0.1, 0.15) is 89.5 Å². The molecule has 0 aliphatic carbocycles. The highest BCUT2D eigenvalue weighted by molar-refractivity contribution is 5.40. The average molecular weight is 403 g/mol. The number of rotatable bonds is 18. The molecule has 0 aliphatic rings. The van der Waals surface area contributed by atoms with Crippen LogP contribution in [0.4, 0.5) is 0 Å². The molecule has 0 spiro atoms. The fourth-order valence-corrected chi connectivity index (χ4v) is 3.21. The second-order valence-corrected chi connectivity index (χ2v) is 7.77. The second kappa shape index (κ2) is 18.3.